The van der Waals surface area contributed by atoms with Crippen LogP contribution in [0.25, 0.3) is 0 Å². The molecule has 0 heterocycles. The second-order valence-electron chi connectivity index (χ2n) is 2.76. The molecule has 4 heteroatoms. The van der Waals surface area contributed by atoms with Gasteiger partial charge in [0.15, 0.2) is 6.10 Å². The van der Waals surface area contributed by atoms with Crippen molar-refractivity contribution in [3.05, 3.63) is 0 Å². The molecule has 94 valence electrons. The molecular formula is C11H26O4. The summed E-state index contributed by atoms with van der Waals surface area (Å²) in [7, 11) is 1.25. The van der Waals surface area contributed by atoms with E-state index in [1.807, 2.05) is 0 Å². The maximum Gasteiger partial charge on any atom is 0.346 e. The Morgan fingerprint density at radius 2 is 1.33 bits per heavy atom. The first-order valence-electron chi connectivity index (χ1n) is 3.77. The maximum absolute atomic E-state index is 10.9. The van der Waals surface area contributed by atoms with E-state index in [2.05, 4.69) is 4.74 Å². The van der Waals surface area contributed by atoms with Crippen molar-refractivity contribution in [2.75, 3.05) is 7.11 Å². The lowest BCUT2D eigenvalue weighted by Gasteiger charge is -2.12. The number of ether oxygens (including phenoxy) is 2. The number of hydrogen-bond donors (Lipinski definition) is 0. The topological polar surface area (TPSA) is 52.6 Å². The monoisotopic (exact) mass is 222 g/mol. The first kappa shape index (κ1) is 23.6. The molecule has 0 spiro atoms. The molecule has 0 fully saturated rings. The highest BCUT2D eigenvalue weighted by atomic mass is 16.6. The number of hydrogen-bond acceptors (Lipinski definition) is 4. The van der Waals surface area contributed by atoms with Crippen molar-refractivity contribution in [2.45, 2.75) is 49.2 Å². The van der Waals surface area contributed by atoms with Gasteiger partial charge in [0.2, 0.25) is 0 Å². The van der Waals surface area contributed by atoms with Crippen LogP contribution < -0.4 is 0 Å². The minimum Gasteiger partial charge on any atom is -0.466 e. The van der Waals surface area contributed by atoms with Crippen molar-refractivity contribution in [1.82, 2.24) is 0 Å². The molecule has 0 aromatic carbocycles. The van der Waals surface area contributed by atoms with Crippen LogP contribution in [0.1, 0.15) is 43.1 Å². The van der Waals surface area contributed by atoms with Crippen molar-refractivity contribution in [1.29, 1.82) is 0 Å². The fourth-order valence-corrected chi connectivity index (χ4v) is 0.524. The molecule has 4 nitrogen and oxygen atoms in total. The zero-order valence-electron chi connectivity index (χ0n) is 7.79. The van der Waals surface area contributed by atoms with Gasteiger partial charge in [-0.05, 0) is 6.92 Å². The summed E-state index contributed by atoms with van der Waals surface area (Å²) in [5.74, 6) is -1.16. The molecule has 0 aliphatic rings. The molecule has 1 unspecified atom stereocenters. The summed E-state index contributed by atoms with van der Waals surface area (Å²) >= 11 is 0. The van der Waals surface area contributed by atoms with Gasteiger partial charge >= 0.3 is 11.9 Å². The standard InChI is InChI=1S/C8H14O4.3CH4/c1-5(2)7(9)12-6(3)8(10)11-4;;;/h5-6H,1-4H3;3*1H4. The van der Waals surface area contributed by atoms with E-state index >= 15 is 0 Å². The van der Waals surface area contributed by atoms with Gasteiger partial charge in [0.1, 0.15) is 0 Å². The molecule has 0 saturated heterocycles. The van der Waals surface area contributed by atoms with E-state index in [1.54, 1.807) is 13.8 Å². The fourth-order valence-electron chi connectivity index (χ4n) is 0.524. The Morgan fingerprint density at radius 1 is 0.933 bits per heavy atom. The second-order valence-corrected chi connectivity index (χ2v) is 2.76. The summed E-state index contributed by atoms with van der Waals surface area (Å²) in [6.45, 7) is 4.88. The molecule has 0 amide bonds. The van der Waals surface area contributed by atoms with Crippen molar-refractivity contribution in [3.8, 4) is 0 Å². The number of carbonyl (C=O) groups excluding carboxylic acids is 2. The highest BCUT2D eigenvalue weighted by Gasteiger charge is 2.19. The molecule has 0 saturated carbocycles. The quantitative estimate of drug-likeness (QED) is 0.689. The van der Waals surface area contributed by atoms with E-state index in [9.17, 15) is 9.59 Å². The Labute approximate surface area is 94.0 Å². The maximum atomic E-state index is 10.9. The Hall–Kier alpha value is -1.06. The van der Waals surface area contributed by atoms with Crippen LogP contribution in [-0.4, -0.2) is 25.2 Å². The minimum absolute atomic E-state index is 0. The van der Waals surface area contributed by atoms with Crippen molar-refractivity contribution in [2.24, 2.45) is 5.92 Å². The second kappa shape index (κ2) is 11.0. The molecule has 1 atom stereocenters. The Bertz CT molecular complexity index is 175. The number of methoxy groups -OCH3 is 1. The molecule has 0 aromatic heterocycles. The van der Waals surface area contributed by atoms with Crippen molar-refractivity contribution in [3.63, 3.8) is 0 Å². The van der Waals surface area contributed by atoms with E-state index in [4.69, 9.17) is 4.74 Å². The van der Waals surface area contributed by atoms with Gasteiger partial charge in [0, 0.05) is 0 Å². The molecule has 15 heavy (non-hydrogen) atoms. The van der Waals surface area contributed by atoms with Crippen LogP contribution >= 0.6 is 0 Å². The summed E-state index contributed by atoms with van der Waals surface area (Å²) in [5.41, 5.74) is 0. The van der Waals surface area contributed by atoms with Crippen LogP contribution in [0.2, 0.25) is 0 Å². The average molecular weight is 222 g/mol. The number of carbonyl (C=O) groups is 2. The summed E-state index contributed by atoms with van der Waals surface area (Å²) in [5, 5.41) is 0. The molecule has 0 N–H and O–H groups in total. The minimum atomic E-state index is -0.815. The Morgan fingerprint density at radius 3 is 1.60 bits per heavy atom. The van der Waals surface area contributed by atoms with Gasteiger partial charge in [-0.25, -0.2) is 4.79 Å². The van der Waals surface area contributed by atoms with Crippen LogP contribution in [0.15, 0.2) is 0 Å². The van der Waals surface area contributed by atoms with Gasteiger partial charge in [-0.15, -0.1) is 0 Å². The van der Waals surface area contributed by atoms with Gasteiger partial charge in [0.25, 0.3) is 0 Å². The summed E-state index contributed by atoms with van der Waals surface area (Å²) in [6, 6.07) is 0. The van der Waals surface area contributed by atoms with E-state index in [0.29, 0.717) is 0 Å². The van der Waals surface area contributed by atoms with Crippen LogP contribution in [-0.2, 0) is 19.1 Å². The van der Waals surface area contributed by atoms with E-state index in [-0.39, 0.29) is 28.2 Å². The van der Waals surface area contributed by atoms with Gasteiger partial charge < -0.3 is 9.47 Å². The van der Waals surface area contributed by atoms with Crippen molar-refractivity contribution < 1.29 is 19.1 Å². The lowest BCUT2D eigenvalue weighted by molar-refractivity contribution is -0.166. The van der Waals surface area contributed by atoms with E-state index < -0.39 is 18.0 Å². The van der Waals surface area contributed by atoms with Gasteiger partial charge in [-0.3, -0.25) is 4.79 Å². The lowest BCUT2D eigenvalue weighted by Crippen LogP contribution is -2.27. The third-order valence-corrected chi connectivity index (χ3v) is 1.30. The van der Waals surface area contributed by atoms with Crippen LogP contribution in [0.3, 0.4) is 0 Å². The summed E-state index contributed by atoms with van der Waals surface area (Å²) < 4.78 is 9.13. The largest absolute Gasteiger partial charge is 0.466 e. The molecule has 0 aliphatic heterocycles. The van der Waals surface area contributed by atoms with Crippen LogP contribution in [0.5, 0.6) is 0 Å². The van der Waals surface area contributed by atoms with Gasteiger partial charge in [-0.2, -0.15) is 0 Å². The molecular weight excluding hydrogens is 196 g/mol. The SMILES string of the molecule is C.C.C.COC(=O)C(C)OC(=O)C(C)C. The number of esters is 2. The lowest BCUT2D eigenvalue weighted by atomic mass is 10.2. The molecule has 0 rings (SSSR count). The molecule has 0 aromatic rings. The molecule has 0 radical (unpaired) electrons. The third-order valence-electron chi connectivity index (χ3n) is 1.30. The molecule has 0 bridgehead atoms. The third kappa shape index (κ3) is 9.25. The zero-order valence-corrected chi connectivity index (χ0v) is 7.79. The normalized spacial score (nSPS) is 9.93. The fraction of sp³-hybridized carbons (Fsp3) is 0.818. The predicted octanol–water partition coefficient (Wildman–Crippen LogP) is 2.66. The average Bonchev–Trinajstić information content (AvgIpc) is 2.02. The zero-order chi connectivity index (χ0) is 9.72. The first-order valence-corrected chi connectivity index (χ1v) is 3.77. The van der Waals surface area contributed by atoms with Gasteiger partial charge in [0.05, 0.1) is 13.0 Å². The van der Waals surface area contributed by atoms with E-state index in [1.165, 1.54) is 14.0 Å². The van der Waals surface area contributed by atoms with E-state index in [0.717, 1.165) is 0 Å². The molecule has 0 aliphatic carbocycles. The highest BCUT2D eigenvalue weighted by molar-refractivity contribution is 5.79. The predicted molar refractivity (Wildman–Crippen MR) is 62.6 cm³/mol. The van der Waals surface area contributed by atoms with Gasteiger partial charge in [-0.1, -0.05) is 36.1 Å². The summed E-state index contributed by atoms with van der Waals surface area (Å²) in [6.07, 6.45) is -0.815. The Balaban J connectivity index is -0.000000202. The summed E-state index contributed by atoms with van der Waals surface area (Å²) in [4.78, 5) is 21.7. The van der Waals surface area contributed by atoms with Crippen LogP contribution in [0, 0.1) is 5.92 Å². The first-order chi connectivity index (χ1) is 5.49. The number of rotatable bonds is 3. The Kier molecular flexibility index (Phi) is 17.4. The highest BCUT2D eigenvalue weighted by Crippen LogP contribution is 2.01. The van der Waals surface area contributed by atoms with Crippen LogP contribution in [0.4, 0.5) is 0 Å². The smallest absolute Gasteiger partial charge is 0.346 e. The van der Waals surface area contributed by atoms with Crippen molar-refractivity contribution >= 4 is 11.9 Å².